The molecule has 23 heavy (non-hydrogen) atoms. The number of nitrogens with one attached hydrogen (secondary N) is 2. The molecule has 0 fully saturated rings. The van der Waals surface area contributed by atoms with Gasteiger partial charge in [0.1, 0.15) is 0 Å². The molecule has 0 aliphatic carbocycles. The fourth-order valence-electron chi connectivity index (χ4n) is 1.95. The van der Waals surface area contributed by atoms with Crippen LogP contribution in [0.1, 0.15) is 20.7 Å². The second-order valence-corrected chi connectivity index (χ2v) is 5.67. The van der Waals surface area contributed by atoms with Crippen molar-refractivity contribution < 1.29 is 14.3 Å². The van der Waals surface area contributed by atoms with Crippen LogP contribution in [0.15, 0.2) is 53.0 Å². The van der Waals surface area contributed by atoms with Crippen LogP contribution < -0.4 is 10.6 Å². The van der Waals surface area contributed by atoms with Gasteiger partial charge in [0.2, 0.25) is 0 Å². The number of halogens is 1. The molecule has 2 amide bonds. The zero-order chi connectivity index (χ0) is 16.7. The number of anilines is 1. The summed E-state index contributed by atoms with van der Waals surface area (Å²) in [5.41, 5.74) is 1.40. The molecule has 0 aliphatic heterocycles. The first-order valence-corrected chi connectivity index (χ1v) is 7.84. The average molecular weight is 377 g/mol. The molecule has 6 heteroatoms. The van der Waals surface area contributed by atoms with E-state index in [1.807, 2.05) is 0 Å². The number of methoxy groups -OCH3 is 1. The second kappa shape index (κ2) is 8.45. The van der Waals surface area contributed by atoms with Gasteiger partial charge in [0.25, 0.3) is 11.8 Å². The van der Waals surface area contributed by atoms with E-state index in [0.29, 0.717) is 30.0 Å². The van der Waals surface area contributed by atoms with Gasteiger partial charge < -0.3 is 15.4 Å². The minimum Gasteiger partial charge on any atom is -0.383 e. The Morgan fingerprint density at radius 3 is 2.43 bits per heavy atom. The molecule has 0 heterocycles. The lowest BCUT2D eigenvalue weighted by Gasteiger charge is -2.11. The van der Waals surface area contributed by atoms with Crippen LogP contribution in [0, 0.1) is 0 Å². The van der Waals surface area contributed by atoms with Crippen molar-refractivity contribution in [1.29, 1.82) is 0 Å². The van der Waals surface area contributed by atoms with Gasteiger partial charge in [0.05, 0.1) is 17.9 Å². The van der Waals surface area contributed by atoms with E-state index in [9.17, 15) is 9.59 Å². The molecule has 0 spiro atoms. The van der Waals surface area contributed by atoms with Crippen molar-refractivity contribution in [2.75, 3.05) is 25.6 Å². The summed E-state index contributed by atoms with van der Waals surface area (Å²) in [5.74, 6) is -0.525. The second-order valence-electron chi connectivity index (χ2n) is 4.76. The summed E-state index contributed by atoms with van der Waals surface area (Å²) in [6.45, 7) is 0.837. The minimum atomic E-state index is -0.269. The summed E-state index contributed by atoms with van der Waals surface area (Å²) in [6, 6.07) is 13.9. The molecule has 0 saturated carbocycles. The van der Waals surface area contributed by atoms with Crippen LogP contribution >= 0.6 is 15.9 Å². The zero-order valence-corrected chi connectivity index (χ0v) is 14.2. The lowest BCUT2D eigenvalue weighted by molar-refractivity contribution is 0.0938. The van der Waals surface area contributed by atoms with Crippen molar-refractivity contribution >= 4 is 33.4 Å². The standard InChI is InChI=1S/C17H17BrN2O3/c1-23-11-10-19-17(22)14-4-2-3-5-15(14)20-16(21)12-6-8-13(18)9-7-12/h2-9H,10-11H2,1H3,(H,19,22)(H,20,21). The zero-order valence-electron chi connectivity index (χ0n) is 12.6. The van der Waals surface area contributed by atoms with E-state index in [1.54, 1.807) is 55.6 Å². The summed E-state index contributed by atoms with van der Waals surface area (Å²) < 4.78 is 5.80. The molecule has 2 N–H and O–H groups in total. The van der Waals surface area contributed by atoms with E-state index in [0.717, 1.165) is 4.47 Å². The van der Waals surface area contributed by atoms with Crippen LogP contribution in [0.4, 0.5) is 5.69 Å². The normalized spacial score (nSPS) is 10.2. The Labute approximate surface area is 143 Å². The third-order valence-corrected chi connectivity index (χ3v) is 3.65. The highest BCUT2D eigenvalue weighted by atomic mass is 79.9. The van der Waals surface area contributed by atoms with E-state index in [-0.39, 0.29) is 11.8 Å². The summed E-state index contributed by atoms with van der Waals surface area (Å²) in [6.07, 6.45) is 0. The summed E-state index contributed by atoms with van der Waals surface area (Å²) in [4.78, 5) is 24.5. The van der Waals surface area contributed by atoms with E-state index < -0.39 is 0 Å². The van der Waals surface area contributed by atoms with Gasteiger partial charge in [-0.15, -0.1) is 0 Å². The summed E-state index contributed by atoms with van der Waals surface area (Å²) in [7, 11) is 1.57. The molecule has 0 atom stereocenters. The molecule has 0 unspecified atom stereocenters. The van der Waals surface area contributed by atoms with Gasteiger partial charge in [-0.1, -0.05) is 28.1 Å². The highest BCUT2D eigenvalue weighted by Crippen LogP contribution is 2.17. The Hall–Kier alpha value is -2.18. The quantitative estimate of drug-likeness (QED) is 0.761. The maximum atomic E-state index is 12.3. The smallest absolute Gasteiger partial charge is 0.255 e. The van der Waals surface area contributed by atoms with E-state index >= 15 is 0 Å². The van der Waals surface area contributed by atoms with Crippen LogP contribution in [-0.4, -0.2) is 32.1 Å². The first-order valence-electron chi connectivity index (χ1n) is 7.05. The van der Waals surface area contributed by atoms with Gasteiger partial charge in [-0.05, 0) is 36.4 Å². The fourth-order valence-corrected chi connectivity index (χ4v) is 2.21. The summed E-state index contributed by atoms with van der Waals surface area (Å²) in [5, 5.41) is 5.51. The Balaban J connectivity index is 2.12. The number of rotatable bonds is 6. The lowest BCUT2D eigenvalue weighted by atomic mass is 10.1. The Morgan fingerprint density at radius 1 is 1.04 bits per heavy atom. The number of benzene rings is 2. The number of para-hydroxylation sites is 1. The average Bonchev–Trinajstić information content (AvgIpc) is 2.56. The predicted octanol–water partition coefficient (Wildman–Crippen LogP) is 3.08. The van der Waals surface area contributed by atoms with Gasteiger partial charge in [0.15, 0.2) is 0 Å². The molecule has 0 radical (unpaired) electrons. The van der Waals surface area contributed by atoms with Crippen molar-refractivity contribution in [3.63, 3.8) is 0 Å². The third kappa shape index (κ3) is 4.91. The van der Waals surface area contributed by atoms with E-state index in [1.165, 1.54) is 0 Å². The molecule has 0 saturated heterocycles. The molecule has 5 nitrogen and oxygen atoms in total. The van der Waals surface area contributed by atoms with E-state index in [4.69, 9.17) is 4.74 Å². The fraction of sp³-hybridized carbons (Fsp3) is 0.176. The highest BCUT2D eigenvalue weighted by molar-refractivity contribution is 9.10. The number of hydrogen-bond acceptors (Lipinski definition) is 3. The molecule has 0 aliphatic rings. The maximum Gasteiger partial charge on any atom is 0.255 e. The first kappa shape index (κ1) is 17.2. The number of carbonyl (C=O) groups is 2. The topological polar surface area (TPSA) is 67.4 Å². The Morgan fingerprint density at radius 2 is 1.74 bits per heavy atom. The lowest BCUT2D eigenvalue weighted by Crippen LogP contribution is -2.28. The Kier molecular flexibility index (Phi) is 6.31. The number of amides is 2. The highest BCUT2D eigenvalue weighted by Gasteiger charge is 2.13. The van der Waals surface area contributed by atoms with Crippen LogP contribution in [0.2, 0.25) is 0 Å². The van der Waals surface area contributed by atoms with Crippen LogP contribution in [0.5, 0.6) is 0 Å². The number of hydrogen-bond donors (Lipinski definition) is 2. The maximum absolute atomic E-state index is 12.3. The number of ether oxygens (including phenoxy) is 1. The monoisotopic (exact) mass is 376 g/mol. The molecule has 2 aromatic carbocycles. The minimum absolute atomic E-state index is 0.256. The van der Waals surface area contributed by atoms with Crippen molar-refractivity contribution in [3.05, 3.63) is 64.1 Å². The molecular weight excluding hydrogens is 360 g/mol. The van der Waals surface area contributed by atoms with Crippen molar-refractivity contribution in [1.82, 2.24) is 5.32 Å². The van der Waals surface area contributed by atoms with Crippen LogP contribution in [-0.2, 0) is 4.74 Å². The predicted molar refractivity (Wildman–Crippen MR) is 92.7 cm³/mol. The van der Waals surface area contributed by atoms with Gasteiger partial charge in [-0.25, -0.2) is 0 Å². The van der Waals surface area contributed by atoms with Crippen LogP contribution in [0.25, 0.3) is 0 Å². The van der Waals surface area contributed by atoms with Crippen molar-refractivity contribution in [2.24, 2.45) is 0 Å². The molecule has 120 valence electrons. The molecule has 2 rings (SSSR count). The first-order chi connectivity index (χ1) is 11.1. The van der Waals surface area contributed by atoms with Gasteiger partial charge in [-0.3, -0.25) is 9.59 Å². The molecule has 0 aromatic heterocycles. The van der Waals surface area contributed by atoms with Crippen molar-refractivity contribution in [2.45, 2.75) is 0 Å². The van der Waals surface area contributed by atoms with E-state index in [2.05, 4.69) is 26.6 Å². The van der Waals surface area contributed by atoms with Crippen molar-refractivity contribution in [3.8, 4) is 0 Å². The molecular formula is C17H17BrN2O3. The van der Waals surface area contributed by atoms with Gasteiger partial charge in [-0.2, -0.15) is 0 Å². The Bertz CT molecular complexity index is 686. The van der Waals surface area contributed by atoms with Crippen LogP contribution in [0.3, 0.4) is 0 Å². The van der Waals surface area contributed by atoms with Gasteiger partial charge in [0, 0.05) is 23.7 Å². The largest absolute Gasteiger partial charge is 0.383 e. The van der Waals surface area contributed by atoms with Gasteiger partial charge >= 0.3 is 0 Å². The third-order valence-electron chi connectivity index (χ3n) is 3.12. The molecule has 2 aromatic rings. The SMILES string of the molecule is COCCNC(=O)c1ccccc1NC(=O)c1ccc(Br)cc1. The molecule has 0 bridgehead atoms. The summed E-state index contributed by atoms with van der Waals surface area (Å²) >= 11 is 3.33. The number of carbonyl (C=O) groups excluding carboxylic acids is 2.